The summed E-state index contributed by atoms with van der Waals surface area (Å²) >= 11 is 0. The van der Waals surface area contributed by atoms with Crippen LogP contribution in [0.4, 0.5) is 5.69 Å². The van der Waals surface area contributed by atoms with E-state index in [2.05, 4.69) is 11.9 Å². The number of aliphatic carboxylic acids is 1. The van der Waals surface area contributed by atoms with Gasteiger partial charge in [-0.3, -0.25) is 4.79 Å². The third-order valence-electron chi connectivity index (χ3n) is 1.81. The van der Waals surface area contributed by atoms with Crippen molar-refractivity contribution in [2.24, 2.45) is 0 Å². The van der Waals surface area contributed by atoms with Gasteiger partial charge >= 0.3 is 5.97 Å². The minimum absolute atomic E-state index is 0.0318. The molecular weight excluding hydrogens is 194 g/mol. The third-order valence-corrected chi connectivity index (χ3v) is 1.81. The van der Waals surface area contributed by atoms with Gasteiger partial charge in [0.1, 0.15) is 0 Å². The van der Waals surface area contributed by atoms with E-state index < -0.39 is 5.97 Å². The van der Waals surface area contributed by atoms with E-state index in [1.54, 1.807) is 24.3 Å². The van der Waals surface area contributed by atoms with Gasteiger partial charge in [-0.05, 0) is 17.7 Å². The number of hydrogen-bond donors (Lipinski definition) is 2. The normalized spacial score (nSPS) is 9.40. The van der Waals surface area contributed by atoms with Gasteiger partial charge in [0, 0.05) is 12.6 Å². The first-order chi connectivity index (χ1) is 7.00. The standard InChI is InChI=1S/C11H11NO3/c1-7(11(14)15)9-3-5-10(6-4-9)12-8(2)13/h3-6H,1H2,2H3,(H,12,13)(H,14,15). The van der Waals surface area contributed by atoms with Gasteiger partial charge in [-0.15, -0.1) is 0 Å². The predicted octanol–water partition coefficient (Wildman–Crippen LogP) is 1.74. The highest BCUT2D eigenvalue weighted by atomic mass is 16.4. The van der Waals surface area contributed by atoms with Crippen LogP contribution in [0.3, 0.4) is 0 Å². The maximum atomic E-state index is 10.7. The number of rotatable bonds is 3. The van der Waals surface area contributed by atoms with Crippen molar-refractivity contribution in [2.75, 3.05) is 5.32 Å². The van der Waals surface area contributed by atoms with Crippen LogP contribution in [0.1, 0.15) is 12.5 Å². The van der Waals surface area contributed by atoms with Gasteiger partial charge in [0.25, 0.3) is 0 Å². The molecule has 1 aromatic carbocycles. The van der Waals surface area contributed by atoms with Gasteiger partial charge in [-0.2, -0.15) is 0 Å². The molecule has 0 saturated carbocycles. The quantitative estimate of drug-likeness (QED) is 0.738. The number of nitrogens with one attached hydrogen (secondary N) is 1. The average Bonchev–Trinajstić information content (AvgIpc) is 2.17. The minimum atomic E-state index is -1.05. The van der Waals surface area contributed by atoms with E-state index in [4.69, 9.17) is 5.11 Å². The van der Waals surface area contributed by atoms with Crippen molar-refractivity contribution in [3.63, 3.8) is 0 Å². The summed E-state index contributed by atoms with van der Waals surface area (Å²) < 4.78 is 0. The minimum Gasteiger partial charge on any atom is -0.478 e. The monoisotopic (exact) mass is 205 g/mol. The molecule has 4 heteroatoms. The lowest BCUT2D eigenvalue weighted by atomic mass is 10.1. The first-order valence-electron chi connectivity index (χ1n) is 4.31. The van der Waals surface area contributed by atoms with E-state index in [9.17, 15) is 9.59 Å². The van der Waals surface area contributed by atoms with Crippen molar-refractivity contribution < 1.29 is 14.7 Å². The summed E-state index contributed by atoms with van der Waals surface area (Å²) in [4.78, 5) is 21.3. The van der Waals surface area contributed by atoms with Crippen molar-refractivity contribution in [3.8, 4) is 0 Å². The lowest BCUT2D eigenvalue weighted by molar-refractivity contribution is -0.130. The Kier molecular flexibility index (Phi) is 3.23. The van der Waals surface area contributed by atoms with E-state index in [1.165, 1.54) is 6.92 Å². The van der Waals surface area contributed by atoms with Crippen LogP contribution in [0.2, 0.25) is 0 Å². The lowest BCUT2D eigenvalue weighted by Gasteiger charge is -2.04. The molecule has 0 bridgehead atoms. The molecule has 0 aliphatic carbocycles. The van der Waals surface area contributed by atoms with Crippen LogP contribution in [0.15, 0.2) is 30.8 Å². The summed E-state index contributed by atoms with van der Waals surface area (Å²) in [5.74, 6) is -1.22. The molecule has 0 atom stereocenters. The molecule has 15 heavy (non-hydrogen) atoms. The molecule has 78 valence electrons. The van der Waals surface area contributed by atoms with Crippen molar-refractivity contribution in [3.05, 3.63) is 36.4 Å². The first kappa shape index (κ1) is 11.0. The van der Waals surface area contributed by atoms with Gasteiger partial charge < -0.3 is 10.4 Å². The Morgan fingerprint density at radius 3 is 2.20 bits per heavy atom. The zero-order chi connectivity index (χ0) is 11.4. The molecule has 0 unspecified atom stereocenters. The molecule has 0 spiro atoms. The third kappa shape index (κ3) is 2.95. The SMILES string of the molecule is C=C(C(=O)O)c1ccc(NC(C)=O)cc1. The molecular formula is C11H11NO3. The number of carboxylic acid groups (broad SMARTS) is 1. The van der Waals surface area contributed by atoms with E-state index in [-0.39, 0.29) is 11.5 Å². The molecule has 0 saturated heterocycles. The van der Waals surface area contributed by atoms with Gasteiger partial charge in [0.15, 0.2) is 0 Å². The number of amides is 1. The Morgan fingerprint density at radius 2 is 1.80 bits per heavy atom. The number of hydrogen-bond acceptors (Lipinski definition) is 2. The lowest BCUT2D eigenvalue weighted by Crippen LogP contribution is -2.05. The Hall–Kier alpha value is -2.10. The molecule has 2 N–H and O–H groups in total. The molecule has 1 rings (SSSR count). The first-order valence-corrected chi connectivity index (χ1v) is 4.31. The van der Waals surface area contributed by atoms with Gasteiger partial charge in [-0.25, -0.2) is 4.79 Å². The molecule has 1 aromatic rings. The van der Waals surface area contributed by atoms with Gasteiger partial charge in [0.2, 0.25) is 5.91 Å². The molecule has 0 aromatic heterocycles. The van der Waals surface area contributed by atoms with Crippen LogP contribution < -0.4 is 5.32 Å². The highest BCUT2D eigenvalue weighted by Gasteiger charge is 2.06. The molecule has 0 heterocycles. The maximum Gasteiger partial charge on any atom is 0.335 e. The topological polar surface area (TPSA) is 66.4 Å². The van der Waals surface area contributed by atoms with E-state index in [0.717, 1.165) is 0 Å². The summed E-state index contributed by atoms with van der Waals surface area (Å²) in [5.41, 5.74) is 1.19. The Labute approximate surface area is 87.2 Å². The Bertz CT molecular complexity index is 406. The van der Waals surface area contributed by atoms with E-state index in [0.29, 0.717) is 11.3 Å². The van der Waals surface area contributed by atoms with Crippen LogP contribution in [0.5, 0.6) is 0 Å². The molecule has 0 fully saturated rings. The van der Waals surface area contributed by atoms with Crippen LogP contribution in [-0.4, -0.2) is 17.0 Å². The molecule has 0 radical (unpaired) electrons. The van der Waals surface area contributed by atoms with E-state index in [1.807, 2.05) is 0 Å². The van der Waals surface area contributed by atoms with Crippen molar-refractivity contribution in [2.45, 2.75) is 6.92 Å². The fraction of sp³-hybridized carbons (Fsp3) is 0.0909. The van der Waals surface area contributed by atoms with Crippen LogP contribution in [0.25, 0.3) is 5.57 Å². The number of anilines is 1. The molecule has 1 amide bonds. The second kappa shape index (κ2) is 4.41. The highest BCUT2D eigenvalue weighted by molar-refractivity contribution is 6.14. The number of carbonyl (C=O) groups excluding carboxylic acids is 1. The van der Waals surface area contributed by atoms with Crippen LogP contribution in [0, 0.1) is 0 Å². The molecule has 0 aliphatic heterocycles. The Morgan fingerprint density at radius 1 is 1.27 bits per heavy atom. The fourth-order valence-electron chi connectivity index (χ4n) is 1.08. The smallest absolute Gasteiger partial charge is 0.335 e. The predicted molar refractivity (Wildman–Crippen MR) is 57.4 cm³/mol. The summed E-state index contributed by atoms with van der Waals surface area (Å²) in [6.07, 6.45) is 0. The molecule has 4 nitrogen and oxygen atoms in total. The van der Waals surface area contributed by atoms with Crippen LogP contribution in [-0.2, 0) is 9.59 Å². The highest BCUT2D eigenvalue weighted by Crippen LogP contribution is 2.15. The largest absolute Gasteiger partial charge is 0.478 e. The second-order valence-electron chi connectivity index (χ2n) is 3.04. The van der Waals surface area contributed by atoms with E-state index >= 15 is 0 Å². The summed E-state index contributed by atoms with van der Waals surface area (Å²) in [5, 5.41) is 11.3. The van der Waals surface area contributed by atoms with Crippen molar-refractivity contribution in [1.82, 2.24) is 0 Å². The zero-order valence-corrected chi connectivity index (χ0v) is 8.28. The number of benzene rings is 1. The fourth-order valence-corrected chi connectivity index (χ4v) is 1.08. The van der Waals surface area contributed by atoms with Gasteiger partial charge in [-0.1, -0.05) is 18.7 Å². The Balaban J connectivity index is 2.85. The van der Waals surface area contributed by atoms with Gasteiger partial charge in [0.05, 0.1) is 5.57 Å². The number of carbonyl (C=O) groups is 2. The average molecular weight is 205 g/mol. The summed E-state index contributed by atoms with van der Waals surface area (Å²) in [6, 6.07) is 6.46. The summed E-state index contributed by atoms with van der Waals surface area (Å²) in [7, 11) is 0. The zero-order valence-electron chi connectivity index (χ0n) is 8.28. The molecule has 0 aliphatic rings. The number of carboxylic acids is 1. The van der Waals surface area contributed by atoms with Crippen LogP contribution >= 0.6 is 0 Å². The van der Waals surface area contributed by atoms with Crippen molar-refractivity contribution in [1.29, 1.82) is 0 Å². The second-order valence-corrected chi connectivity index (χ2v) is 3.04. The maximum absolute atomic E-state index is 10.7. The summed E-state index contributed by atoms with van der Waals surface area (Å²) in [6.45, 7) is 4.84. The van der Waals surface area contributed by atoms with Crippen molar-refractivity contribution >= 4 is 23.1 Å².